The van der Waals surface area contributed by atoms with Gasteiger partial charge in [0, 0.05) is 6.20 Å². The largest absolute Gasteiger partial charge is 0.493 e. The maximum Gasteiger partial charge on any atom is 0.291 e. The summed E-state index contributed by atoms with van der Waals surface area (Å²) in [5, 5.41) is 10.6. The van der Waals surface area contributed by atoms with Gasteiger partial charge in [-0.25, -0.2) is 9.97 Å². The van der Waals surface area contributed by atoms with Crippen LogP contribution >= 0.6 is 0 Å². The van der Waals surface area contributed by atoms with Gasteiger partial charge in [0.2, 0.25) is 0 Å². The number of aryl methyl sites for hydroxylation is 1. The van der Waals surface area contributed by atoms with Crippen molar-refractivity contribution >= 4 is 5.69 Å². The molecule has 0 atom stereocenters. The second-order valence-corrected chi connectivity index (χ2v) is 3.40. The number of imidazole rings is 1. The zero-order valence-corrected chi connectivity index (χ0v) is 9.32. The van der Waals surface area contributed by atoms with Gasteiger partial charge < -0.3 is 4.74 Å². The Balaban J connectivity index is 2.51. The Labute approximate surface area is 96.8 Å². The lowest BCUT2D eigenvalue weighted by Gasteiger charge is -2.06. The second kappa shape index (κ2) is 4.20. The van der Waals surface area contributed by atoms with Gasteiger partial charge in [-0.3, -0.25) is 14.7 Å². The van der Waals surface area contributed by atoms with Crippen LogP contribution in [0.25, 0.3) is 5.82 Å². The Hall–Kier alpha value is -2.44. The van der Waals surface area contributed by atoms with Crippen molar-refractivity contribution in [3.05, 3.63) is 40.6 Å². The molecule has 0 N–H and O–H groups in total. The molecular formula is C10H10N4O3. The number of nitrogens with zero attached hydrogens (tertiary/aromatic N) is 4. The zero-order chi connectivity index (χ0) is 12.4. The standard InChI is InChI=1S/C10H10N4O3/c1-7-5-13(6-12-7)10-9(17-2)3-8(4-11-10)14(15)16/h3-6H,1-2H3. The fourth-order valence-corrected chi connectivity index (χ4v) is 1.41. The molecule has 0 fully saturated rings. The van der Waals surface area contributed by atoms with Gasteiger partial charge in [0.1, 0.15) is 12.5 Å². The van der Waals surface area contributed by atoms with Crippen molar-refractivity contribution in [3.63, 3.8) is 0 Å². The predicted octanol–water partition coefficient (Wildman–Crippen LogP) is 1.49. The average molecular weight is 234 g/mol. The summed E-state index contributed by atoms with van der Waals surface area (Å²) in [6.07, 6.45) is 4.52. The molecule has 0 radical (unpaired) electrons. The Morgan fingerprint density at radius 1 is 1.47 bits per heavy atom. The number of pyridine rings is 1. The molecule has 7 heteroatoms. The normalized spacial score (nSPS) is 10.2. The van der Waals surface area contributed by atoms with E-state index in [1.54, 1.807) is 17.1 Å². The molecule has 2 aromatic heterocycles. The van der Waals surface area contributed by atoms with Crippen molar-refractivity contribution in [3.8, 4) is 11.6 Å². The molecule has 0 saturated carbocycles. The molecule has 7 nitrogen and oxygen atoms in total. The van der Waals surface area contributed by atoms with Crippen molar-refractivity contribution < 1.29 is 9.66 Å². The molecule has 0 bridgehead atoms. The highest BCUT2D eigenvalue weighted by molar-refractivity contribution is 5.47. The van der Waals surface area contributed by atoms with Crippen LogP contribution in [-0.4, -0.2) is 26.6 Å². The van der Waals surface area contributed by atoms with E-state index in [9.17, 15) is 10.1 Å². The summed E-state index contributed by atoms with van der Waals surface area (Å²) >= 11 is 0. The van der Waals surface area contributed by atoms with E-state index in [0.29, 0.717) is 11.6 Å². The Kier molecular flexibility index (Phi) is 2.73. The lowest BCUT2D eigenvalue weighted by Crippen LogP contribution is -2.00. The van der Waals surface area contributed by atoms with Gasteiger partial charge in [-0.15, -0.1) is 0 Å². The lowest BCUT2D eigenvalue weighted by molar-refractivity contribution is -0.385. The molecule has 0 aliphatic rings. The van der Waals surface area contributed by atoms with E-state index in [2.05, 4.69) is 9.97 Å². The summed E-state index contributed by atoms with van der Waals surface area (Å²) in [6, 6.07) is 1.33. The number of ether oxygens (including phenoxy) is 1. The minimum absolute atomic E-state index is 0.109. The van der Waals surface area contributed by atoms with Crippen molar-refractivity contribution in [2.24, 2.45) is 0 Å². The summed E-state index contributed by atoms with van der Waals surface area (Å²) in [5.41, 5.74) is 0.717. The quantitative estimate of drug-likeness (QED) is 0.593. The predicted molar refractivity (Wildman–Crippen MR) is 59.3 cm³/mol. The van der Waals surface area contributed by atoms with Gasteiger partial charge in [0.15, 0.2) is 11.6 Å². The van der Waals surface area contributed by atoms with Crippen LogP contribution in [0.1, 0.15) is 5.69 Å². The van der Waals surface area contributed by atoms with Gasteiger partial charge in [-0.1, -0.05) is 0 Å². The van der Waals surface area contributed by atoms with Crippen LogP contribution in [0.5, 0.6) is 5.75 Å². The summed E-state index contributed by atoms with van der Waals surface area (Å²) in [6.45, 7) is 1.84. The third-order valence-corrected chi connectivity index (χ3v) is 2.21. The first-order valence-electron chi connectivity index (χ1n) is 4.81. The molecule has 88 valence electrons. The van der Waals surface area contributed by atoms with Crippen LogP contribution < -0.4 is 4.74 Å². The molecule has 0 aliphatic carbocycles. The number of hydrogen-bond donors (Lipinski definition) is 0. The van der Waals surface area contributed by atoms with Gasteiger partial charge in [-0.2, -0.15) is 0 Å². The smallest absolute Gasteiger partial charge is 0.291 e. The average Bonchev–Trinajstić information content (AvgIpc) is 2.74. The van der Waals surface area contributed by atoms with Crippen molar-refractivity contribution in [2.45, 2.75) is 6.92 Å². The van der Waals surface area contributed by atoms with Crippen molar-refractivity contribution in [1.29, 1.82) is 0 Å². The molecule has 0 saturated heterocycles. The van der Waals surface area contributed by atoms with Crippen molar-refractivity contribution in [2.75, 3.05) is 7.11 Å². The summed E-state index contributed by atoms with van der Waals surface area (Å²) < 4.78 is 6.73. The first-order valence-corrected chi connectivity index (χ1v) is 4.81. The van der Waals surface area contributed by atoms with Crippen LogP contribution in [0.3, 0.4) is 0 Å². The summed E-state index contributed by atoms with van der Waals surface area (Å²) in [7, 11) is 1.44. The molecule has 17 heavy (non-hydrogen) atoms. The Morgan fingerprint density at radius 3 is 2.76 bits per heavy atom. The molecule has 0 unspecified atom stereocenters. The third-order valence-electron chi connectivity index (χ3n) is 2.21. The Bertz CT molecular complexity index is 564. The van der Waals surface area contributed by atoms with E-state index in [-0.39, 0.29) is 5.69 Å². The maximum atomic E-state index is 10.6. The summed E-state index contributed by atoms with van der Waals surface area (Å²) in [5.74, 6) is 0.801. The molecule has 0 aromatic carbocycles. The molecule has 0 amide bonds. The van der Waals surface area contributed by atoms with E-state index in [1.165, 1.54) is 19.4 Å². The molecule has 0 aliphatic heterocycles. The van der Waals surface area contributed by atoms with Gasteiger partial charge in [0.25, 0.3) is 5.69 Å². The summed E-state index contributed by atoms with van der Waals surface area (Å²) in [4.78, 5) is 18.2. The zero-order valence-electron chi connectivity index (χ0n) is 9.32. The van der Waals surface area contributed by atoms with Crippen LogP contribution in [0, 0.1) is 17.0 Å². The van der Waals surface area contributed by atoms with E-state index in [4.69, 9.17) is 4.74 Å². The minimum atomic E-state index is -0.515. The number of hydrogen-bond acceptors (Lipinski definition) is 5. The fourth-order valence-electron chi connectivity index (χ4n) is 1.41. The van der Waals surface area contributed by atoms with Crippen LogP contribution in [0.4, 0.5) is 5.69 Å². The third kappa shape index (κ3) is 2.07. The highest BCUT2D eigenvalue weighted by atomic mass is 16.6. The van der Waals surface area contributed by atoms with E-state index in [1.807, 2.05) is 6.92 Å². The number of rotatable bonds is 3. The van der Waals surface area contributed by atoms with E-state index in [0.717, 1.165) is 5.69 Å². The number of aromatic nitrogens is 3. The molecule has 2 heterocycles. The SMILES string of the molecule is COc1cc([N+](=O)[O-])cnc1-n1cnc(C)c1. The van der Waals surface area contributed by atoms with Crippen molar-refractivity contribution in [1.82, 2.24) is 14.5 Å². The Morgan fingerprint density at radius 2 is 2.24 bits per heavy atom. The highest BCUT2D eigenvalue weighted by Crippen LogP contribution is 2.25. The maximum absolute atomic E-state index is 10.6. The van der Waals surface area contributed by atoms with Crippen LogP contribution in [0.2, 0.25) is 0 Å². The van der Waals surface area contributed by atoms with E-state index >= 15 is 0 Å². The van der Waals surface area contributed by atoms with Gasteiger partial charge in [0.05, 0.1) is 23.8 Å². The minimum Gasteiger partial charge on any atom is -0.493 e. The van der Waals surface area contributed by atoms with Crippen LogP contribution in [0.15, 0.2) is 24.8 Å². The first-order chi connectivity index (χ1) is 8.11. The fraction of sp³-hybridized carbons (Fsp3) is 0.200. The first kappa shape index (κ1) is 11.1. The number of nitro groups is 1. The monoisotopic (exact) mass is 234 g/mol. The molecule has 2 rings (SSSR count). The van der Waals surface area contributed by atoms with Gasteiger partial charge >= 0.3 is 0 Å². The molecular weight excluding hydrogens is 224 g/mol. The van der Waals surface area contributed by atoms with E-state index < -0.39 is 4.92 Å². The number of methoxy groups -OCH3 is 1. The molecule has 0 spiro atoms. The second-order valence-electron chi connectivity index (χ2n) is 3.40. The topological polar surface area (TPSA) is 83.1 Å². The van der Waals surface area contributed by atoms with Gasteiger partial charge in [-0.05, 0) is 6.92 Å². The van der Waals surface area contributed by atoms with Crippen LogP contribution in [-0.2, 0) is 0 Å². The molecule has 2 aromatic rings. The lowest BCUT2D eigenvalue weighted by atomic mass is 10.3. The highest BCUT2D eigenvalue weighted by Gasteiger charge is 2.14.